The van der Waals surface area contributed by atoms with Crippen molar-refractivity contribution in [2.45, 2.75) is 77.7 Å². The number of anilines is 2. The fourth-order valence-corrected chi connectivity index (χ4v) is 5.75. The van der Waals surface area contributed by atoms with Crippen LogP contribution < -0.4 is 21.3 Å². The maximum absolute atomic E-state index is 13.8. The van der Waals surface area contributed by atoms with Crippen LogP contribution in [0.3, 0.4) is 0 Å². The summed E-state index contributed by atoms with van der Waals surface area (Å²) in [4.78, 5) is 53.0. The summed E-state index contributed by atoms with van der Waals surface area (Å²) >= 11 is 0. The molecule has 0 saturated carbocycles. The summed E-state index contributed by atoms with van der Waals surface area (Å²) in [5, 5.41) is 12.1. The third-order valence-electron chi connectivity index (χ3n) is 8.00. The van der Waals surface area contributed by atoms with Gasteiger partial charge in [0.05, 0.1) is 11.3 Å². The van der Waals surface area contributed by atoms with Crippen LogP contribution in [-0.4, -0.2) is 36.2 Å². The van der Waals surface area contributed by atoms with Gasteiger partial charge in [-0.15, -0.1) is 0 Å². The van der Waals surface area contributed by atoms with Gasteiger partial charge in [0, 0.05) is 59.3 Å². The Balaban J connectivity index is 1.74. The second kappa shape index (κ2) is 14.2. The summed E-state index contributed by atoms with van der Waals surface area (Å²) in [7, 11) is 1.51. The number of carbonyl (C=O) groups excluding carboxylic acids is 4. The molecular weight excluding hydrogens is 599 g/mol. The van der Waals surface area contributed by atoms with E-state index in [9.17, 15) is 23.6 Å². The Morgan fingerprint density at radius 1 is 0.787 bits per heavy atom. The van der Waals surface area contributed by atoms with Crippen molar-refractivity contribution < 1.29 is 28.0 Å². The van der Waals surface area contributed by atoms with Crippen molar-refractivity contribution >= 4 is 46.0 Å². The second-order valence-electron chi connectivity index (χ2n) is 13.0. The highest BCUT2D eigenvalue weighted by Gasteiger charge is 2.25. The maximum Gasteiger partial charge on any atom is 0.255 e. The molecule has 3 aromatic carbocycles. The number of nitrogens with one attached hydrogen (secondary N) is 4. The first-order valence-electron chi connectivity index (χ1n) is 16.1. The van der Waals surface area contributed by atoms with E-state index in [1.54, 1.807) is 30.3 Å². The molecule has 0 fully saturated rings. The van der Waals surface area contributed by atoms with Crippen LogP contribution in [0.5, 0.6) is 0 Å². The number of halogens is 1. The van der Waals surface area contributed by atoms with Crippen molar-refractivity contribution in [2.75, 3.05) is 17.7 Å². The van der Waals surface area contributed by atoms with Crippen molar-refractivity contribution in [1.29, 1.82) is 0 Å². The minimum atomic E-state index is -0.517. The molecule has 0 atom stereocenters. The number of fused-ring (bicyclic) bond motifs is 5. The lowest BCUT2D eigenvalue weighted by atomic mass is 9.96. The highest BCUT2D eigenvalue weighted by molar-refractivity contribution is 6.13. The zero-order chi connectivity index (χ0) is 33.7. The van der Waals surface area contributed by atoms with Crippen LogP contribution >= 0.6 is 0 Å². The van der Waals surface area contributed by atoms with Gasteiger partial charge >= 0.3 is 0 Å². The van der Waals surface area contributed by atoms with Gasteiger partial charge in [0.2, 0.25) is 11.8 Å². The van der Waals surface area contributed by atoms with Gasteiger partial charge in [-0.1, -0.05) is 25.7 Å². The van der Waals surface area contributed by atoms with E-state index in [1.165, 1.54) is 31.3 Å². The molecular formula is C37H41FN4O5. The lowest BCUT2D eigenvalue weighted by Gasteiger charge is -2.21. The fraction of sp³-hybridized carbons (Fsp3) is 0.351. The van der Waals surface area contributed by atoms with Crippen LogP contribution in [0.25, 0.3) is 33.4 Å². The van der Waals surface area contributed by atoms with Gasteiger partial charge in [-0.05, 0) is 87.7 Å². The number of furan rings is 1. The van der Waals surface area contributed by atoms with Gasteiger partial charge in [-0.2, -0.15) is 0 Å². The third-order valence-corrected chi connectivity index (χ3v) is 8.00. The topological polar surface area (TPSA) is 130 Å². The molecule has 0 aliphatic carbocycles. The van der Waals surface area contributed by atoms with E-state index in [-0.39, 0.29) is 29.0 Å². The van der Waals surface area contributed by atoms with Crippen LogP contribution in [0.1, 0.15) is 92.9 Å². The minimum Gasteiger partial charge on any atom is -0.455 e. The van der Waals surface area contributed by atoms with Crippen molar-refractivity contribution in [3.8, 4) is 22.5 Å². The summed E-state index contributed by atoms with van der Waals surface area (Å²) in [5.41, 5.74) is 2.78. The molecule has 4 aromatic rings. The summed E-state index contributed by atoms with van der Waals surface area (Å²) in [5.74, 6) is -1.26. The average Bonchev–Trinajstić information content (AvgIpc) is 3.38. The number of rotatable bonds is 3. The molecule has 47 heavy (non-hydrogen) atoms. The van der Waals surface area contributed by atoms with Gasteiger partial charge in [-0.25, -0.2) is 4.39 Å². The largest absolute Gasteiger partial charge is 0.455 e. The quantitative estimate of drug-likeness (QED) is 0.182. The normalized spacial score (nSPS) is 14.8. The molecule has 2 bridgehead atoms. The van der Waals surface area contributed by atoms with Crippen molar-refractivity contribution in [3.05, 3.63) is 71.5 Å². The van der Waals surface area contributed by atoms with Crippen LogP contribution in [0, 0.1) is 5.82 Å². The summed E-state index contributed by atoms with van der Waals surface area (Å²) in [6, 6.07) is 14.1. The Morgan fingerprint density at radius 2 is 1.43 bits per heavy atom. The predicted molar refractivity (Wildman–Crippen MR) is 182 cm³/mol. The molecule has 4 amide bonds. The monoisotopic (exact) mass is 640 g/mol. The Morgan fingerprint density at radius 3 is 2.06 bits per heavy atom. The molecule has 4 N–H and O–H groups in total. The van der Waals surface area contributed by atoms with E-state index in [2.05, 4.69) is 21.3 Å². The Hall–Kier alpha value is -4.99. The molecule has 5 rings (SSSR count). The number of amides is 4. The van der Waals surface area contributed by atoms with Crippen LogP contribution in [0.15, 0.2) is 59.0 Å². The summed E-state index contributed by atoms with van der Waals surface area (Å²) in [6.07, 6.45) is 5.88. The zero-order valence-corrected chi connectivity index (χ0v) is 27.3. The van der Waals surface area contributed by atoms with Crippen LogP contribution in [0.2, 0.25) is 0 Å². The van der Waals surface area contributed by atoms with Crippen molar-refractivity contribution in [2.24, 2.45) is 0 Å². The second-order valence-corrected chi connectivity index (χ2v) is 13.0. The van der Waals surface area contributed by atoms with E-state index in [0.717, 1.165) is 32.1 Å². The van der Waals surface area contributed by atoms with E-state index in [0.29, 0.717) is 63.9 Å². The molecule has 0 unspecified atom stereocenters. The molecule has 1 aromatic heterocycles. The predicted octanol–water partition coefficient (Wildman–Crippen LogP) is 7.81. The number of hydrogen-bond donors (Lipinski definition) is 4. The van der Waals surface area contributed by atoms with Crippen LogP contribution in [-0.2, 0) is 9.59 Å². The molecule has 2 heterocycles. The first kappa shape index (κ1) is 33.4. The summed E-state index contributed by atoms with van der Waals surface area (Å²) < 4.78 is 20.0. The van der Waals surface area contributed by atoms with Gasteiger partial charge in [0.1, 0.15) is 17.2 Å². The lowest BCUT2D eigenvalue weighted by molar-refractivity contribution is -0.117. The van der Waals surface area contributed by atoms with Gasteiger partial charge in [0.15, 0.2) is 0 Å². The fourth-order valence-electron chi connectivity index (χ4n) is 5.75. The number of hydrogen-bond acceptors (Lipinski definition) is 5. The van der Waals surface area contributed by atoms with Crippen molar-refractivity contribution in [1.82, 2.24) is 10.6 Å². The highest BCUT2D eigenvalue weighted by Crippen LogP contribution is 2.41. The molecule has 10 heteroatoms. The van der Waals surface area contributed by atoms with Crippen LogP contribution in [0.4, 0.5) is 15.8 Å². The average molecular weight is 641 g/mol. The molecule has 9 nitrogen and oxygen atoms in total. The van der Waals surface area contributed by atoms with E-state index in [1.807, 2.05) is 20.8 Å². The van der Waals surface area contributed by atoms with E-state index >= 15 is 0 Å². The van der Waals surface area contributed by atoms with Gasteiger partial charge < -0.3 is 25.7 Å². The maximum atomic E-state index is 13.8. The van der Waals surface area contributed by atoms with Gasteiger partial charge in [0.25, 0.3) is 11.8 Å². The molecule has 0 saturated heterocycles. The highest BCUT2D eigenvalue weighted by atomic mass is 19.1. The third kappa shape index (κ3) is 8.24. The number of carbonyl (C=O) groups is 4. The minimum absolute atomic E-state index is 0.154. The number of benzene rings is 3. The Bertz CT molecular complexity index is 1820. The molecule has 246 valence electrons. The van der Waals surface area contributed by atoms with Crippen molar-refractivity contribution in [3.63, 3.8) is 0 Å². The standard InChI is InChI=1S/C37H41FN4O5/c1-37(2,3)42-35(45)24-17-23-18-26(19-24)40-31(43)11-9-7-5-6-8-10-12-32(44)41-29-21-30-28(20-27(23)29)33(36(46)39-4)34(47-30)22-13-15-25(38)16-14-22/h13-21H,5-12H2,1-4H3,(H,39,46)(H,40,43)(H,41,44)(H,42,45). The lowest BCUT2D eigenvalue weighted by Crippen LogP contribution is -2.40. The van der Waals surface area contributed by atoms with E-state index < -0.39 is 17.3 Å². The Kier molecular flexibility index (Phi) is 10.1. The molecule has 0 spiro atoms. The smallest absolute Gasteiger partial charge is 0.255 e. The first-order valence-corrected chi connectivity index (χ1v) is 16.1. The SMILES string of the molecule is CNC(=O)c1c(-c2ccc(F)cc2)oc2cc3c(cc12)-c1cc(cc(C(=O)NC(C)(C)C)c1)NC(=O)CCCCCCCCC(=O)N3. The molecule has 0 radical (unpaired) electrons. The summed E-state index contributed by atoms with van der Waals surface area (Å²) in [6.45, 7) is 5.64. The molecule has 1 aliphatic rings. The first-order chi connectivity index (χ1) is 22.4. The van der Waals surface area contributed by atoms with E-state index in [4.69, 9.17) is 4.42 Å². The Labute approximate surface area is 273 Å². The zero-order valence-electron chi connectivity index (χ0n) is 27.3. The van der Waals surface area contributed by atoms with Gasteiger partial charge in [-0.3, -0.25) is 19.2 Å². The molecule has 1 aliphatic heterocycles.